The van der Waals surface area contributed by atoms with E-state index >= 15 is 0 Å². The summed E-state index contributed by atoms with van der Waals surface area (Å²) in [6.07, 6.45) is 0.633. The van der Waals surface area contributed by atoms with Gasteiger partial charge in [0.25, 0.3) is 0 Å². The van der Waals surface area contributed by atoms with Gasteiger partial charge in [-0.15, -0.1) is 0 Å². The fourth-order valence-corrected chi connectivity index (χ4v) is 1.99. The first-order valence-electron chi connectivity index (χ1n) is 6.09. The molecule has 20 heavy (non-hydrogen) atoms. The van der Waals surface area contributed by atoms with Gasteiger partial charge in [0.1, 0.15) is 5.82 Å². The summed E-state index contributed by atoms with van der Waals surface area (Å²) >= 11 is 5.72. The van der Waals surface area contributed by atoms with Crippen LogP contribution in [0.1, 0.15) is 17.3 Å². The highest BCUT2D eigenvalue weighted by atomic mass is 35.5. The molecule has 2 aromatic rings. The van der Waals surface area contributed by atoms with E-state index < -0.39 is 5.82 Å². The van der Waals surface area contributed by atoms with Crippen molar-refractivity contribution in [2.45, 2.75) is 18.9 Å². The molecule has 0 spiro atoms. The highest BCUT2D eigenvalue weighted by Gasteiger charge is 2.14. The zero-order valence-corrected chi connectivity index (χ0v) is 11.7. The fourth-order valence-electron chi connectivity index (χ4n) is 1.80. The molecule has 5 nitrogen and oxygen atoms in total. The molecule has 1 aromatic heterocycles. The van der Waals surface area contributed by atoms with Crippen molar-refractivity contribution in [3.8, 4) is 0 Å². The second kappa shape index (κ2) is 6.78. The molecule has 1 heterocycles. The van der Waals surface area contributed by atoms with Crippen LogP contribution in [0.2, 0.25) is 5.02 Å². The van der Waals surface area contributed by atoms with E-state index in [0.717, 1.165) is 0 Å². The van der Waals surface area contributed by atoms with Crippen molar-refractivity contribution in [2.24, 2.45) is 5.73 Å². The van der Waals surface area contributed by atoms with Crippen LogP contribution in [0.3, 0.4) is 0 Å². The first-order valence-corrected chi connectivity index (χ1v) is 6.46. The van der Waals surface area contributed by atoms with Gasteiger partial charge in [-0.05, 0) is 11.6 Å². The van der Waals surface area contributed by atoms with Gasteiger partial charge in [-0.2, -0.15) is 4.98 Å². The lowest BCUT2D eigenvalue weighted by Crippen LogP contribution is -2.28. The number of ether oxygens (including phenoxy) is 1. The number of hydrogen-bond acceptors (Lipinski definition) is 5. The summed E-state index contributed by atoms with van der Waals surface area (Å²) in [5.41, 5.74) is 6.21. The van der Waals surface area contributed by atoms with E-state index in [1.165, 1.54) is 6.07 Å². The molecule has 0 aliphatic carbocycles. The molecule has 0 amide bonds. The molecule has 0 aliphatic heterocycles. The predicted molar refractivity (Wildman–Crippen MR) is 72.1 cm³/mol. The van der Waals surface area contributed by atoms with Crippen LogP contribution >= 0.6 is 11.6 Å². The van der Waals surface area contributed by atoms with Gasteiger partial charge in [-0.25, -0.2) is 4.39 Å². The summed E-state index contributed by atoms with van der Waals surface area (Å²) in [4.78, 5) is 4.18. The molecular weight excluding hydrogens is 285 g/mol. The number of benzene rings is 1. The number of methoxy groups -OCH3 is 1. The van der Waals surface area contributed by atoms with Gasteiger partial charge < -0.3 is 15.0 Å². The fraction of sp³-hybridized carbons (Fsp3) is 0.385. The second-order valence-electron chi connectivity index (χ2n) is 4.41. The maximum Gasteiger partial charge on any atom is 0.228 e. The standard InChI is InChI=1S/C13H15ClFN3O2/c1-19-7-9(16)6-12-17-11(18-20-12)5-8-3-2-4-10(14)13(8)15/h2-4,9H,5-7,16H2,1H3. The number of nitrogens with two attached hydrogens (primary N) is 1. The Bertz CT molecular complexity index is 576. The van der Waals surface area contributed by atoms with E-state index in [-0.39, 0.29) is 17.5 Å². The molecule has 0 saturated carbocycles. The van der Waals surface area contributed by atoms with E-state index in [4.69, 9.17) is 26.6 Å². The topological polar surface area (TPSA) is 74.2 Å². The van der Waals surface area contributed by atoms with E-state index in [0.29, 0.717) is 30.3 Å². The van der Waals surface area contributed by atoms with Gasteiger partial charge in [-0.3, -0.25) is 0 Å². The summed E-state index contributed by atoms with van der Waals surface area (Å²) in [5, 5.41) is 3.88. The molecule has 0 saturated heterocycles. The number of nitrogens with zero attached hydrogens (tertiary/aromatic N) is 2. The predicted octanol–water partition coefficient (Wildman–Crippen LogP) is 1.97. The molecule has 1 unspecified atom stereocenters. The quantitative estimate of drug-likeness (QED) is 0.882. The molecule has 0 bridgehead atoms. The first kappa shape index (κ1) is 14.9. The summed E-state index contributed by atoms with van der Waals surface area (Å²) in [6.45, 7) is 0.403. The molecule has 1 atom stereocenters. The van der Waals surface area contributed by atoms with Crippen molar-refractivity contribution < 1.29 is 13.7 Å². The average Bonchev–Trinajstić information content (AvgIpc) is 2.82. The smallest absolute Gasteiger partial charge is 0.228 e. The summed E-state index contributed by atoms with van der Waals surface area (Å²) in [5.74, 6) is 0.342. The Morgan fingerprint density at radius 2 is 2.30 bits per heavy atom. The Labute approximate surface area is 120 Å². The highest BCUT2D eigenvalue weighted by molar-refractivity contribution is 6.30. The third-order valence-electron chi connectivity index (χ3n) is 2.71. The van der Waals surface area contributed by atoms with Crippen LogP contribution < -0.4 is 5.73 Å². The van der Waals surface area contributed by atoms with Crippen LogP contribution in [-0.2, 0) is 17.6 Å². The van der Waals surface area contributed by atoms with Crippen molar-refractivity contribution in [3.63, 3.8) is 0 Å². The summed E-state index contributed by atoms with van der Waals surface area (Å²) < 4.78 is 23.7. The lowest BCUT2D eigenvalue weighted by molar-refractivity contribution is 0.176. The molecule has 0 fully saturated rings. The highest BCUT2D eigenvalue weighted by Crippen LogP contribution is 2.19. The van der Waals surface area contributed by atoms with Crippen LogP contribution in [0.25, 0.3) is 0 Å². The zero-order valence-electron chi connectivity index (χ0n) is 11.0. The van der Waals surface area contributed by atoms with Crippen LogP contribution in [0, 0.1) is 5.82 Å². The SMILES string of the molecule is COCC(N)Cc1nc(Cc2cccc(Cl)c2F)no1. The average molecular weight is 300 g/mol. The van der Waals surface area contributed by atoms with Crippen LogP contribution in [-0.4, -0.2) is 29.9 Å². The van der Waals surface area contributed by atoms with E-state index in [9.17, 15) is 4.39 Å². The minimum absolute atomic E-state index is 0.0772. The Kier molecular flexibility index (Phi) is 5.05. The Balaban J connectivity index is 2.04. The molecule has 0 aliphatic rings. The third kappa shape index (κ3) is 3.75. The number of halogens is 2. The second-order valence-corrected chi connectivity index (χ2v) is 4.82. The van der Waals surface area contributed by atoms with Crippen molar-refractivity contribution in [1.29, 1.82) is 0 Å². The molecule has 7 heteroatoms. The lowest BCUT2D eigenvalue weighted by Gasteiger charge is -2.05. The molecule has 1 aromatic carbocycles. The van der Waals surface area contributed by atoms with E-state index in [2.05, 4.69) is 10.1 Å². The molecule has 0 radical (unpaired) electrons. The van der Waals surface area contributed by atoms with Crippen molar-refractivity contribution in [1.82, 2.24) is 10.1 Å². The summed E-state index contributed by atoms with van der Waals surface area (Å²) in [7, 11) is 1.57. The van der Waals surface area contributed by atoms with Gasteiger partial charge >= 0.3 is 0 Å². The third-order valence-corrected chi connectivity index (χ3v) is 3.00. The molecule has 108 valence electrons. The van der Waals surface area contributed by atoms with Gasteiger partial charge in [0.2, 0.25) is 5.89 Å². The Hall–Kier alpha value is -1.50. The monoisotopic (exact) mass is 299 g/mol. The van der Waals surface area contributed by atoms with Crippen molar-refractivity contribution in [2.75, 3.05) is 13.7 Å². The van der Waals surface area contributed by atoms with Crippen LogP contribution in [0.4, 0.5) is 4.39 Å². The van der Waals surface area contributed by atoms with Crippen LogP contribution in [0.5, 0.6) is 0 Å². The number of hydrogen-bond donors (Lipinski definition) is 1. The first-order chi connectivity index (χ1) is 9.60. The van der Waals surface area contributed by atoms with E-state index in [1.807, 2.05) is 0 Å². The van der Waals surface area contributed by atoms with Gasteiger partial charge in [0, 0.05) is 26.0 Å². The summed E-state index contributed by atoms with van der Waals surface area (Å²) in [6, 6.07) is 4.59. The minimum atomic E-state index is -0.461. The van der Waals surface area contributed by atoms with Gasteiger partial charge in [0.15, 0.2) is 5.82 Å². The number of aromatic nitrogens is 2. The van der Waals surface area contributed by atoms with Gasteiger partial charge in [-0.1, -0.05) is 28.9 Å². The zero-order chi connectivity index (χ0) is 14.5. The molecule has 2 N–H and O–H groups in total. The maximum atomic E-state index is 13.7. The maximum absolute atomic E-state index is 13.7. The van der Waals surface area contributed by atoms with Crippen LogP contribution in [0.15, 0.2) is 22.7 Å². The normalized spacial score (nSPS) is 12.6. The Morgan fingerprint density at radius 3 is 3.05 bits per heavy atom. The largest absolute Gasteiger partial charge is 0.383 e. The Morgan fingerprint density at radius 1 is 1.50 bits per heavy atom. The number of rotatable bonds is 6. The molecular formula is C13H15ClFN3O2. The van der Waals surface area contributed by atoms with Crippen molar-refractivity contribution in [3.05, 3.63) is 46.3 Å². The van der Waals surface area contributed by atoms with E-state index in [1.54, 1.807) is 19.2 Å². The lowest BCUT2D eigenvalue weighted by atomic mass is 10.1. The minimum Gasteiger partial charge on any atom is -0.383 e. The van der Waals surface area contributed by atoms with Gasteiger partial charge in [0.05, 0.1) is 11.6 Å². The molecule has 2 rings (SSSR count). The van der Waals surface area contributed by atoms with Crippen molar-refractivity contribution >= 4 is 11.6 Å².